The van der Waals surface area contributed by atoms with Gasteiger partial charge in [0.2, 0.25) is 0 Å². The Kier molecular flexibility index (Phi) is 1.74. The van der Waals surface area contributed by atoms with Gasteiger partial charge in [-0.05, 0) is 38.1 Å². The fourth-order valence-corrected chi connectivity index (χ4v) is 2.64. The van der Waals surface area contributed by atoms with Gasteiger partial charge >= 0.3 is 0 Å². The minimum atomic E-state index is 0.321. The van der Waals surface area contributed by atoms with E-state index in [1.807, 2.05) is 12.3 Å². The third-order valence-electron chi connectivity index (χ3n) is 3.49. The van der Waals surface area contributed by atoms with Gasteiger partial charge in [-0.15, -0.1) is 0 Å². The summed E-state index contributed by atoms with van der Waals surface area (Å²) < 4.78 is 0. The molecule has 0 atom stereocenters. The number of nitrogens with one attached hydrogen (secondary N) is 2. The second kappa shape index (κ2) is 2.95. The number of anilines is 1. The first kappa shape index (κ1) is 8.24. The number of hydrogen-bond donors (Lipinski definition) is 2. The fourth-order valence-electron chi connectivity index (χ4n) is 2.64. The molecule has 1 spiro atoms. The lowest BCUT2D eigenvalue weighted by atomic mass is 9.77. The molecular formula is C11H15N3. The quantitative estimate of drug-likeness (QED) is 0.642. The molecule has 74 valence electrons. The van der Waals surface area contributed by atoms with Gasteiger partial charge in [-0.1, -0.05) is 0 Å². The lowest BCUT2D eigenvalue weighted by Crippen LogP contribution is -2.41. The van der Waals surface area contributed by atoms with E-state index in [4.69, 9.17) is 0 Å². The van der Waals surface area contributed by atoms with Crippen molar-refractivity contribution >= 4 is 5.69 Å². The van der Waals surface area contributed by atoms with Crippen molar-refractivity contribution in [3.05, 3.63) is 24.0 Å². The van der Waals surface area contributed by atoms with E-state index in [0.29, 0.717) is 5.41 Å². The Bertz CT molecular complexity index is 337. The van der Waals surface area contributed by atoms with Crippen molar-refractivity contribution in [1.82, 2.24) is 10.3 Å². The van der Waals surface area contributed by atoms with Crippen molar-refractivity contribution in [3.63, 3.8) is 0 Å². The molecule has 1 saturated heterocycles. The third kappa shape index (κ3) is 1.05. The van der Waals surface area contributed by atoms with Gasteiger partial charge in [-0.3, -0.25) is 4.98 Å². The zero-order valence-corrected chi connectivity index (χ0v) is 8.21. The van der Waals surface area contributed by atoms with Crippen molar-refractivity contribution in [2.75, 3.05) is 25.0 Å². The van der Waals surface area contributed by atoms with Crippen LogP contribution < -0.4 is 10.6 Å². The molecule has 14 heavy (non-hydrogen) atoms. The van der Waals surface area contributed by atoms with E-state index >= 15 is 0 Å². The zero-order chi connectivity index (χ0) is 9.43. The normalized spacial score (nSPS) is 23.1. The molecule has 0 radical (unpaired) electrons. The highest BCUT2D eigenvalue weighted by Gasteiger charge is 2.40. The average Bonchev–Trinajstić information content (AvgIpc) is 2.60. The third-order valence-corrected chi connectivity index (χ3v) is 3.49. The smallest absolute Gasteiger partial charge is 0.0714 e. The van der Waals surface area contributed by atoms with Gasteiger partial charge in [-0.2, -0.15) is 0 Å². The molecule has 0 aliphatic carbocycles. The summed E-state index contributed by atoms with van der Waals surface area (Å²) in [6.45, 7) is 3.32. The first-order valence-electron chi connectivity index (χ1n) is 5.31. The molecule has 3 heterocycles. The van der Waals surface area contributed by atoms with Gasteiger partial charge in [0, 0.05) is 18.2 Å². The van der Waals surface area contributed by atoms with Gasteiger partial charge in [0.1, 0.15) is 0 Å². The van der Waals surface area contributed by atoms with Crippen LogP contribution in [0.15, 0.2) is 18.3 Å². The molecular weight excluding hydrogens is 174 g/mol. The van der Waals surface area contributed by atoms with Crippen molar-refractivity contribution < 1.29 is 0 Å². The molecule has 0 unspecified atom stereocenters. The van der Waals surface area contributed by atoms with Crippen molar-refractivity contribution in [3.8, 4) is 0 Å². The molecule has 3 nitrogen and oxygen atoms in total. The average molecular weight is 189 g/mol. The van der Waals surface area contributed by atoms with Gasteiger partial charge in [0.25, 0.3) is 0 Å². The maximum Gasteiger partial charge on any atom is 0.0714 e. The predicted molar refractivity (Wildman–Crippen MR) is 56.5 cm³/mol. The van der Waals surface area contributed by atoms with Gasteiger partial charge in [0.15, 0.2) is 0 Å². The molecule has 0 aromatic carbocycles. The molecule has 2 aliphatic heterocycles. The SMILES string of the molecule is c1cnc2c(c1)NCC21CCNCC1. The number of piperidine rings is 1. The molecule has 1 aromatic rings. The molecule has 0 saturated carbocycles. The van der Waals surface area contributed by atoms with Crippen LogP contribution in [0.4, 0.5) is 5.69 Å². The fraction of sp³-hybridized carbons (Fsp3) is 0.545. The highest BCUT2D eigenvalue weighted by atomic mass is 15.0. The van der Waals surface area contributed by atoms with Gasteiger partial charge in [-0.25, -0.2) is 0 Å². The minimum absolute atomic E-state index is 0.321. The summed E-state index contributed by atoms with van der Waals surface area (Å²) in [5.41, 5.74) is 2.86. The molecule has 0 bridgehead atoms. The first-order valence-corrected chi connectivity index (χ1v) is 5.31. The van der Waals surface area contributed by atoms with Crippen LogP contribution in [-0.2, 0) is 5.41 Å². The Morgan fingerprint density at radius 3 is 3.00 bits per heavy atom. The van der Waals surface area contributed by atoms with E-state index in [9.17, 15) is 0 Å². The second-order valence-corrected chi connectivity index (χ2v) is 4.28. The standard InChI is InChI=1S/C11H15N3/c1-2-9-10(13-5-1)11(8-14-9)3-6-12-7-4-11/h1-2,5,12,14H,3-4,6-8H2. The van der Waals surface area contributed by atoms with Crippen molar-refractivity contribution in [1.29, 1.82) is 0 Å². The van der Waals surface area contributed by atoms with Crippen molar-refractivity contribution in [2.45, 2.75) is 18.3 Å². The highest BCUT2D eigenvalue weighted by molar-refractivity contribution is 5.57. The summed E-state index contributed by atoms with van der Waals surface area (Å²) in [6.07, 6.45) is 4.34. The maximum absolute atomic E-state index is 4.55. The van der Waals surface area contributed by atoms with Gasteiger partial charge < -0.3 is 10.6 Å². The van der Waals surface area contributed by atoms with Crippen LogP contribution in [0.5, 0.6) is 0 Å². The van der Waals surface area contributed by atoms with Crippen LogP contribution in [0.1, 0.15) is 18.5 Å². The predicted octanol–water partition coefficient (Wildman–Crippen LogP) is 1.13. The molecule has 2 N–H and O–H groups in total. The zero-order valence-electron chi connectivity index (χ0n) is 8.21. The Balaban J connectivity index is 2.03. The number of hydrogen-bond acceptors (Lipinski definition) is 3. The summed E-state index contributed by atoms with van der Waals surface area (Å²) in [5.74, 6) is 0. The Morgan fingerprint density at radius 2 is 2.14 bits per heavy atom. The maximum atomic E-state index is 4.55. The topological polar surface area (TPSA) is 37.0 Å². The highest BCUT2D eigenvalue weighted by Crippen LogP contribution is 2.40. The van der Waals surface area contributed by atoms with E-state index in [-0.39, 0.29) is 0 Å². The molecule has 1 aromatic heterocycles. The summed E-state index contributed by atoms with van der Waals surface area (Å²) in [7, 11) is 0. The van der Waals surface area contributed by atoms with Crippen LogP contribution in [0, 0.1) is 0 Å². The molecule has 0 amide bonds. The monoisotopic (exact) mass is 189 g/mol. The molecule has 3 heteroatoms. The van der Waals surface area contributed by atoms with E-state index in [1.165, 1.54) is 24.2 Å². The Morgan fingerprint density at radius 1 is 1.29 bits per heavy atom. The van der Waals surface area contributed by atoms with Crippen LogP contribution in [0.3, 0.4) is 0 Å². The van der Waals surface area contributed by atoms with Crippen LogP contribution in [0.2, 0.25) is 0 Å². The number of pyridine rings is 1. The molecule has 3 rings (SSSR count). The number of nitrogens with zero attached hydrogens (tertiary/aromatic N) is 1. The minimum Gasteiger partial charge on any atom is -0.383 e. The van der Waals surface area contributed by atoms with E-state index < -0.39 is 0 Å². The summed E-state index contributed by atoms with van der Waals surface area (Å²) in [4.78, 5) is 4.55. The summed E-state index contributed by atoms with van der Waals surface area (Å²) in [5, 5.41) is 6.88. The first-order chi connectivity index (χ1) is 6.91. The van der Waals surface area contributed by atoms with Crippen molar-refractivity contribution in [2.24, 2.45) is 0 Å². The second-order valence-electron chi connectivity index (χ2n) is 4.28. The number of fused-ring (bicyclic) bond motifs is 2. The van der Waals surface area contributed by atoms with Crippen LogP contribution >= 0.6 is 0 Å². The lowest BCUT2D eigenvalue weighted by Gasteiger charge is -2.32. The van der Waals surface area contributed by atoms with Gasteiger partial charge in [0.05, 0.1) is 11.4 Å². The number of aromatic nitrogens is 1. The van der Waals surface area contributed by atoms with E-state index in [0.717, 1.165) is 19.6 Å². The largest absolute Gasteiger partial charge is 0.383 e. The summed E-state index contributed by atoms with van der Waals surface area (Å²) >= 11 is 0. The Hall–Kier alpha value is -1.09. The molecule has 2 aliphatic rings. The Labute approximate surface area is 83.9 Å². The van der Waals surface area contributed by atoms with Crippen LogP contribution in [-0.4, -0.2) is 24.6 Å². The summed E-state index contributed by atoms with van der Waals surface area (Å²) in [6, 6.07) is 4.14. The van der Waals surface area contributed by atoms with E-state index in [1.54, 1.807) is 0 Å². The van der Waals surface area contributed by atoms with E-state index in [2.05, 4.69) is 21.7 Å². The number of rotatable bonds is 0. The van der Waals surface area contributed by atoms with Crippen LogP contribution in [0.25, 0.3) is 0 Å². The lowest BCUT2D eigenvalue weighted by molar-refractivity contribution is 0.328. The molecule has 1 fully saturated rings.